The number of aromatic carboxylic acids is 1. The monoisotopic (exact) mass is 217 g/mol. The zero-order valence-corrected chi connectivity index (χ0v) is 8.29. The van der Waals surface area contributed by atoms with Crippen molar-refractivity contribution in [2.75, 3.05) is 13.2 Å². The standard InChI is InChI=1S/C9H11NO3.ClH/c10-5-6-13-8-4-2-1-3-7(8)9(11)12;/h1-4H,5-6,10H2,(H,11,12);1H. The van der Waals surface area contributed by atoms with E-state index in [1.165, 1.54) is 6.07 Å². The molecule has 78 valence electrons. The van der Waals surface area contributed by atoms with Gasteiger partial charge in [0, 0.05) is 6.54 Å². The van der Waals surface area contributed by atoms with Gasteiger partial charge >= 0.3 is 5.97 Å². The molecule has 0 radical (unpaired) electrons. The second-order valence-corrected chi connectivity index (χ2v) is 2.44. The van der Waals surface area contributed by atoms with Crippen LogP contribution in [-0.4, -0.2) is 24.2 Å². The lowest BCUT2D eigenvalue weighted by molar-refractivity contribution is 0.0692. The first kappa shape index (κ1) is 12.7. The van der Waals surface area contributed by atoms with Crippen molar-refractivity contribution < 1.29 is 14.6 Å². The Labute approximate surface area is 88.1 Å². The van der Waals surface area contributed by atoms with Crippen molar-refractivity contribution in [1.29, 1.82) is 0 Å². The fourth-order valence-corrected chi connectivity index (χ4v) is 0.938. The minimum absolute atomic E-state index is 0. The first-order chi connectivity index (χ1) is 6.25. The quantitative estimate of drug-likeness (QED) is 0.794. The summed E-state index contributed by atoms with van der Waals surface area (Å²) in [4.78, 5) is 10.7. The van der Waals surface area contributed by atoms with Crippen LogP contribution in [-0.2, 0) is 0 Å². The Balaban J connectivity index is 0.00000169. The molecule has 0 heterocycles. The van der Waals surface area contributed by atoms with Crippen LogP contribution in [0.2, 0.25) is 0 Å². The Morgan fingerprint density at radius 2 is 2.07 bits per heavy atom. The predicted molar refractivity (Wildman–Crippen MR) is 55.2 cm³/mol. The largest absolute Gasteiger partial charge is 0.491 e. The Hall–Kier alpha value is -1.26. The van der Waals surface area contributed by atoms with Crippen molar-refractivity contribution in [2.45, 2.75) is 0 Å². The molecule has 0 saturated heterocycles. The highest BCUT2D eigenvalue weighted by atomic mass is 35.5. The molecule has 1 aromatic rings. The third-order valence-electron chi connectivity index (χ3n) is 1.49. The third-order valence-corrected chi connectivity index (χ3v) is 1.49. The Morgan fingerprint density at radius 1 is 1.43 bits per heavy atom. The fourth-order valence-electron chi connectivity index (χ4n) is 0.938. The number of ether oxygens (including phenoxy) is 1. The Bertz CT molecular complexity index is 304. The van der Waals surface area contributed by atoms with Crippen molar-refractivity contribution in [2.24, 2.45) is 5.73 Å². The lowest BCUT2D eigenvalue weighted by atomic mass is 10.2. The second-order valence-electron chi connectivity index (χ2n) is 2.44. The van der Waals surface area contributed by atoms with Gasteiger partial charge in [-0.15, -0.1) is 12.4 Å². The van der Waals surface area contributed by atoms with Crippen molar-refractivity contribution >= 4 is 18.4 Å². The van der Waals surface area contributed by atoms with Crippen LogP contribution in [0.1, 0.15) is 10.4 Å². The second kappa shape index (κ2) is 6.23. The van der Waals surface area contributed by atoms with Gasteiger partial charge in [0.25, 0.3) is 0 Å². The average Bonchev–Trinajstić information content (AvgIpc) is 2.15. The van der Waals surface area contributed by atoms with Crippen LogP contribution < -0.4 is 10.5 Å². The number of halogens is 1. The van der Waals surface area contributed by atoms with Crippen molar-refractivity contribution in [3.05, 3.63) is 29.8 Å². The normalized spacial score (nSPS) is 8.93. The van der Waals surface area contributed by atoms with E-state index < -0.39 is 5.97 Å². The smallest absolute Gasteiger partial charge is 0.339 e. The molecule has 0 aliphatic rings. The molecular formula is C9H12ClNO3. The van der Waals surface area contributed by atoms with Gasteiger partial charge in [-0.1, -0.05) is 12.1 Å². The molecular weight excluding hydrogens is 206 g/mol. The van der Waals surface area contributed by atoms with E-state index in [-0.39, 0.29) is 18.0 Å². The summed E-state index contributed by atoms with van der Waals surface area (Å²) in [5.41, 5.74) is 5.39. The minimum atomic E-state index is -0.993. The van der Waals surface area contributed by atoms with Gasteiger partial charge in [0.05, 0.1) is 0 Å². The molecule has 0 aliphatic carbocycles. The van der Waals surface area contributed by atoms with Gasteiger partial charge in [-0.3, -0.25) is 0 Å². The summed E-state index contributed by atoms with van der Waals surface area (Å²) in [5.74, 6) is -0.631. The molecule has 3 N–H and O–H groups in total. The van der Waals surface area contributed by atoms with Crippen molar-refractivity contribution in [3.8, 4) is 5.75 Å². The maximum Gasteiger partial charge on any atom is 0.339 e. The highest BCUT2D eigenvalue weighted by molar-refractivity contribution is 5.90. The van der Waals surface area contributed by atoms with Crippen LogP contribution in [0.3, 0.4) is 0 Å². The SMILES string of the molecule is Cl.NCCOc1ccccc1C(=O)O. The molecule has 0 fully saturated rings. The van der Waals surface area contributed by atoms with Crippen LogP contribution in [0.25, 0.3) is 0 Å². The number of hydrogen-bond donors (Lipinski definition) is 2. The molecule has 4 nitrogen and oxygen atoms in total. The fraction of sp³-hybridized carbons (Fsp3) is 0.222. The molecule has 1 rings (SSSR count). The van der Waals surface area contributed by atoms with Gasteiger partial charge in [-0.25, -0.2) is 4.79 Å². The van der Waals surface area contributed by atoms with Crippen LogP contribution in [0.15, 0.2) is 24.3 Å². The summed E-state index contributed by atoms with van der Waals surface area (Å²) >= 11 is 0. The number of benzene rings is 1. The maximum absolute atomic E-state index is 10.7. The number of nitrogens with two attached hydrogens (primary N) is 1. The molecule has 0 unspecified atom stereocenters. The molecule has 0 amide bonds. The van der Waals surface area contributed by atoms with Crippen LogP contribution in [0.5, 0.6) is 5.75 Å². The average molecular weight is 218 g/mol. The van der Waals surface area contributed by atoms with Gasteiger partial charge in [-0.05, 0) is 12.1 Å². The highest BCUT2D eigenvalue weighted by Gasteiger charge is 2.08. The molecule has 0 bridgehead atoms. The number of rotatable bonds is 4. The van der Waals surface area contributed by atoms with Gasteiger partial charge in [0.2, 0.25) is 0 Å². The number of hydrogen-bond acceptors (Lipinski definition) is 3. The Kier molecular flexibility index (Phi) is 5.67. The highest BCUT2D eigenvalue weighted by Crippen LogP contribution is 2.17. The third kappa shape index (κ3) is 3.24. The van der Waals surface area contributed by atoms with Crippen LogP contribution >= 0.6 is 12.4 Å². The van der Waals surface area contributed by atoms with E-state index in [1.54, 1.807) is 18.2 Å². The maximum atomic E-state index is 10.7. The molecule has 0 aromatic heterocycles. The van der Waals surface area contributed by atoms with Gasteiger partial charge in [-0.2, -0.15) is 0 Å². The van der Waals surface area contributed by atoms with Gasteiger partial charge in [0.1, 0.15) is 17.9 Å². The molecule has 0 aliphatic heterocycles. The molecule has 0 spiro atoms. The molecule has 1 aromatic carbocycles. The van der Waals surface area contributed by atoms with E-state index >= 15 is 0 Å². The van der Waals surface area contributed by atoms with E-state index in [9.17, 15) is 4.79 Å². The zero-order chi connectivity index (χ0) is 9.68. The summed E-state index contributed by atoms with van der Waals surface area (Å²) < 4.78 is 5.14. The topological polar surface area (TPSA) is 72.5 Å². The number of carboxylic acid groups (broad SMARTS) is 1. The van der Waals surface area contributed by atoms with E-state index in [0.29, 0.717) is 18.9 Å². The van der Waals surface area contributed by atoms with Crippen LogP contribution in [0, 0.1) is 0 Å². The predicted octanol–water partition coefficient (Wildman–Crippen LogP) is 1.14. The number of carboxylic acids is 1. The van der Waals surface area contributed by atoms with E-state index in [2.05, 4.69) is 0 Å². The van der Waals surface area contributed by atoms with Gasteiger partial charge in [0.15, 0.2) is 0 Å². The summed E-state index contributed by atoms with van der Waals surface area (Å²) in [7, 11) is 0. The number of para-hydroxylation sites is 1. The molecule has 5 heteroatoms. The minimum Gasteiger partial charge on any atom is -0.491 e. The van der Waals surface area contributed by atoms with E-state index in [0.717, 1.165) is 0 Å². The van der Waals surface area contributed by atoms with Crippen LogP contribution in [0.4, 0.5) is 0 Å². The molecule has 0 saturated carbocycles. The molecule has 14 heavy (non-hydrogen) atoms. The van der Waals surface area contributed by atoms with E-state index in [4.69, 9.17) is 15.6 Å². The summed E-state index contributed by atoms with van der Waals surface area (Å²) in [6, 6.07) is 6.48. The summed E-state index contributed by atoms with van der Waals surface area (Å²) in [6.07, 6.45) is 0. The lowest BCUT2D eigenvalue weighted by Crippen LogP contribution is -2.12. The lowest BCUT2D eigenvalue weighted by Gasteiger charge is -2.06. The summed E-state index contributed by atoms with van der Waals surface area (Å²) in [6.45, 7) is 0.693. The first-order valence-corrected chi connectivity index (χ1v) is 3.91. The van der Waals surface area contributed by atoms with E-state index in [1.807, 2.05) is 0 Å². The summed E-state index contributed by atoms with van der Waals surface area (Å²) in [5, 5.41) is 8.75. The Morgan fingerprint density at radius 3 is 2.64 bits per heavy atom. The van der Waals surface area contributed by atoms with Crippen molar-refractivity contribution in [1.82, 2.24) is 0 Å². The first-order valence-electron chi connectivity index (χ1n) is 3.91. The zero-order valence-electron chi connectivity index (χ0n) is 7.47. The molecule has 0 atom stereocenters. The number of carbonyl (C=O) groups is 1. The van der Waals surface area contributed by atoms with Crippen molar-refractivity contribution in [3.63, 3.8) is 0 Å². The van der Waals surface area contributed by atoms with Gasteiger partial charge < -0.3 is 15.6 Å².